The Morgan fingerprint density at radius 2 is 0.436 bits per heavy atom. The zero-order valence-electron chi connectivity index (χ0n) is 50.5. The van der Waals surface area contributed by atoms with Gasteiger partial charge < -0.3 is 9.47 Å². The Kier molecular flexibility index (Phi) is 11.9. The lowest BCUT2D eigenvalue weighted by Crippen LogP contribution is -2.32. The van der Waals surface area contributed by atoms with E-state index in [2.05, 4.69) is 243 Å². The van der Waals surface area contributed by atoms with E-state index < -0.39 is 10.8 Å². The molecule has 94 heavy (non-hydrogen) atoms. The lowest BCUT2D eigenvalue weighted by molar-refractivity contribution is 0.437. The summed E-state index contributed by atoms with van der Waals surface area (Å²) in [6.07, 6.45) is 0. The van der Waals surface area contributed by atoms with Gasteiger partial charge in [-0.05, 0) is 97.1 Å². The minimum atomic E-state index is -0.632. The zero-order chi connectivity index (χ0) is 61.9. The summed E-state index contributed by atoms with van der Waals surface area (Å²) in [5.41, 5.74) is 22.1. The Balaban J connectivity index is 0.664. The van der Waals surface area contributed by atoms with E-state index in [1.807, 2.05) is 72.8 Å². The van der Waals surface area contributed by atoms with Gasteiger partial charge in [-0.15, -0.1) is 0 Å². The fourth-order valence-corrected chi connectivity index (χ4v) is 15.3. The molecule has 438 valence electrons. The van der Waals surface area contributed by atoms with Gasteiger partial charge >= 0.3 is 0 Å². The van der Waals surface area contributed by atoms with Crippen LogP contribution in [0.2, 0.25) is 0 Å². The van der Waals surface area contributed by atoms with Crippen LogP contribution in [0, 0.1) is 0 Å². The number of ether oxygens (including phenoxy) is 2. The lowest BCUT2D eigenvalue weighted by atomic mass is 9.66. The summed E-state index contributed by atoms with van der Waals surface area (Å²) in [6, 6.07) is 111. The van der Waals surface area contributed by atoms with Gasteiger partial charge in [0.05, 0.1) is 22.0 Å². The highest BCUT2D eigenvalue weighted by Gasteiger charge is 2.53. The molecule has 0 fully saturated rings. The zero-order valence-corrected chi connectivity index (χ0v) is 50.5. The molecule has 2 aliphatic carbocycles. The summed E-state index contributed by atoms with van der Waals surface area (Å²) in [7, 11) is 0. The monoisotopic (exact) mass is 1200 g/mol. The third-order valence-electron chi connectivity index (χ3n) is 19.4. The molecule has 0 bridgehead atoms. The molecule has 15 aromatic rings. The van der Waals surface area contributed by atoms with Gasteiger partial charge in [0, 0.05) is 44.5 Å². The maximum absolute atomic E-state index is 7.08. The largest absolute Gasteiger partial charge is 0.456 e. The molecule has 0 saturated heterocycles. The first-order valence-electron chi connectivity index (χ1n) is 31.7. The first kappa shape index (κ1) is 53.3. The van der Waals surface area contributed by atoms with Gasteiger partial charge in [-0.1, -0.05) is 285 Å². The fraction of sp³-hybridized carbons (Fsp3) is 0.0233. The number of para-hydroxylation sites is 4. The normalized spacial score (nSPS) is 13.4. The van der Waals surface area contributed by atoms with E-state index in [4.69, 9.17) is 39.4 Å². The molecule has 8 heteroatoms. The standard InChI is InChI=1S/C86H52N6O2/c1-3-22-55(23-4-1)79-87-81(91-83(89-79)65-32-20-40-73-77(65)93-75-42-17-15-38-71(75)85(73)67-34-11-7-28-61(67)62-29-8-12-35-68(62)85)57-48-44-53(45-49-57)59-26-19-27-60(52-59)54-46-50-58(51-47-54)82-88-80(56-24-5-2-6-25-56)90-84(92-82)66-33-21-41-74-78(66)94-76-43-18-16-39-72(76)86(74)69-36-13-9-30-63(69)64-31-10-14-37-70(64)86/h1-52H. The number of rotatable bonds is 8. The molecule has 13 aromatic carbocycles. The molecule has 0 saturated carbocycles. The molecule has 0 radical (unpaired) electrons. The molecule has 19 rings (SSSR count). The van der Waals surface area contributed by atoms with Crippen molar-refractivity contribution in [3.05, 3.63) is 360 Å². The van der Waals surface area contributed by atoms with Crippen molar-refractivity contribution in [1.29, 1.82) is 0 Å². The van der Waals surface area contributed by atoms with Crippen molar-refractivity contribution in [2.75, 3.05) is 0 Å². The fourth-order valence-electron chi connectivity index (χ4n) is 15.3. The third-order valence-corrected chi connectivity index (χ3v) is 19.4. The Morgan fingerprint density at radius 1 is 0.181 bits per heavy atom. The highest BCUT2D eigenvalue weighted by Crippen LogP contribution is 2.65. The molecule has 4 aliphatic rings. The molecular formula is C86H52N6O2. The smallest absolute Gasteiger partial charge is 0.167 e. The van der Waals surface area contributed by atoms with E-state index in [-0.39, 0.29) is 0 Å². The van der Waals surface area contributed by atoms with Crippen LogP contribution in [0.15, 0.2) is 315 Å². The van der Waals surface area contributed by atoms with Gasteiger partial charge in [0.15, 0.2) is 34.9 Å². The summed E-state index contributed by atoms with van der Waals surface area (Å²) in [5, 5.41) is 0. The molecule has 0 unspecified atom stereocenters. The predicted octanol–water partition coefficient (Wildman–Crippen LogP) is 20.3. The summed E-state index contributed by atoms with van der Waals surface area (Å²) >= 11 is 0. The van der Waals surface area contributed by atoms with Crippen molar-refractivity contribution < 1.29 is 9.47 Å². The minimum absolute atomic E-state index is 0.525. The maximum Gasteiger partial charge on any atom is 0.167 e. The SMILES string of the molecule is c1ccc(-c2nc(-c3ccc(-c4cccc(-c5ccc(-c6nc(-c7ccccc7)nc(-c7cccc8c7Oc7ccccc7C87c8ccccc8-c8ccccc87)n6)cc5)c4)cc3)nc(-c3cccc4c3Oc3ccccc3C43c4ccccc4-c4ccccc43)n2)cc1. The van der Waals surface area contributed by atoms with E-state index in [0.717, 1.165) is 101 Å². The predicted molar refractivity (Wildman–Crippen MR) is 371 cm³/mol. The average Bonchev–Trinajstić information content (AvgIpc) is 1.45. The van der Waals surface area contributed by atoms with E-state index in [1.165, 1.54) is 44.5 Å². The third kappa shape index (κ3) is 7.99. The van der Waals surface area contributed by atoms with Crippen LogP contribution >= 0.6 is 0 Å². The van der Waals surface area contributed by atoms with Gasteiger partial charge in [0.1, 0.15) is 23.0 Å². The van der Waals surface area contributed by atoms with Crippen LogP contribution in [0.1, 0.15) is 44.5 Å². The first-order valence-corrected chi connectivity index (χ1v) is 31.7. The van der Waals surface area contributed by atoms with Crippen LogP contribution in [0.3, 0.4) is 0 Å². The first-order chi connectivity index (χ1) is 46.6. The molecule has 0 N–H and O–H groups in total. The van der Waals surface area contributed by atoms with Crippen LogP contribution in [0.25, 0.3) is 113 Å². The molecule has 0 atom stereocenters. The second-order valence-corrected chi connectivity index (χ2v) is 24.3. The van der Waals surface area contributed by atoms with Crippen LogP contribution in [0.5, 0.6) is 23.0 Å². The van der Waals surface area contributed by atoms with Crippen molar-refractivity contribution in [3.63, 3.8) is 0 Å². The van der Waals surface area contributed by atoms with Crippen LogP contribution in [0.4, 0.5) is 0 Å². The number of hydrogen-bond donors (Lipinski definition) is 0. The highest BCUT2D eigenvalue weighted by atomic mass is 16.5. The summed E-state index contributed by atoms with van der Waals surface area (Å²) < 4.78 is 14.2. The second-order valence-electron chi connectivity index (χ2n) is 24.3. The number of aromatic nitrogens is 6. The second kappa shape index (κ2) is 21.0. The van der Waals surface area contributed by atoms with Gasteiger partial charge in [0.2, 0.25) is 0 Å². The molecule has 4 heterocycles. The maximum atomic E-state index is 7.08. The van der Waals surface area contributed by atoms with E-state index in [9.17, 15) is 0 Å². The van der Waals surface area contributed by atoms with Gasteiger partial charge in [-0.2, -0.15) is 0 Å². The van der Waals surface area contributed by atoms with Crippen molar-refractivity contribution in [3.8, 4) is 136 Å². The van der Waals surface area contributed by atoms with Crippen LogP contribution in [-0.2, 0) is 10.8 Å². The van der Waals surface area contributed by atoms with Crippen molar-refractivity contribution in [1.82, 2.24) is 29.9 Å². The average molecular weight is 1200 g/mol. The Labute approximate surface area is 542 Å². The topological polar surface area (TPSA) is 95.8 Å². The molecular weight excluding hydrogens is 1150 g/mol. The molecule has 2 aromatic heterocycles. The van der Waals surface area contributed by atoms with Gasteiger partial charge in [-0.3, -0.25) is 0 Å². The summed E-state index contributed by atoms with van der Waals surface area (Å²) in [4.78, 5) is 31.5. The van der Waals surface area contributed by atoms with Gasteiger partial charge in [-0.25, -0.2) is 29.9 Å². The number of fused-ring (bicyclic) bond motifs is 18. The number of hydrogen-bond acceptors (Lipinski definition) is 8. The van der Waals surface area contributed by atoms with Crippen LogP contribution in [-0.4, -0.2) is 29.9 Å². The van der Waals surface area contributed by atoms with Crippen LogP contribution < -0.4 is 9.47 Å². The van der Waals surface area contributed by atoms with E-state index >= 15 is 0 Å². The summed E-state index contributed by atoms with van der Waals surface area (Å²) in [6.45, 7) is 0. The minimum Gasteiger partial charge on any atom is -0.456 e. The van der Waals surface area contributed by atoms with Crippen molar-refractivity contribution >= 4 is 0 Å². The summed E-state index contributed by atoms with van der Waals surface area (Å²) in [5.74, 6) is 6.37. The van der Waals surface area contributed by atoms with Crippen molar-refractivity contribution in [2.45, 2.75) is 10.8 Å². The molecule has 8 nitrogen and oxygen atoms in total. The lowest BCUT2D eigenvalue weighted by Gasteiger charge is -2.39. The van der Waals surface area contributed by atoms with E-state index in [0.29, 0.717) is 34.9 Å². The molecule has 0 amide bonds. The quantitative estimate of drug-likeness (QED) is 0.148. The Hall–Kier alpha value is -12.5. The molecule has 2 aliphatic heterocycles. The Bertz CT molecular complexity index is 5140. The number of benzene rings is 13. The number of nitrogens with zero attached hydrogens (tertiary/aromatic N) is 6. The van der Waals surface area contributed by atoms with Gasteiger partial charge in [0.25, 0.3) is 0 Å². The Morgan fingerprint density at radius 3 is 0.809 bits per heavy atom. The highest BCUT2D eigenvalue weighted by molar-refractivity contribution is 5.92. The molecule has 2 spiro atoms. The van der Waals surface area contributed by atoms with Crippen molar-refractivity contribution in [2.24, 2.45) is 0 Å². The van der Waals surface area contributed by atoms with E-state index in [1.54, 1.807) is 0 Å².